The summed E-state index contributed by atoms with van der Waals surface area (Å²) in [4.78, 5) is 16.2. The van der Waals surface area contributed by atoms with Crippen LogP contribution in [0, 0.1) is 23.4 Å². The minimum Gasteiger partial charge on any atom is -0.394 e. The van der Waals surface area contributed by atoms with Crippen molar-refractivity contribution in [3.8, 4) is 0 Å². The zero-order valence-corrected chi connectivity index (χ0v) is 19.4. The molecule has 9 heteroatoms. The Morgan fingerprint density at radius 2 is 1.70 bits per heavy atom. The number of ether oxygens (including phenoxy) is 1. The number of amides is 2. The molecule has 0 heterocycles. The Bertz CT molecular complexity index is 898. The first-order valence-corrected chi connectivity index (χ1v) is 10.7. The molecule has 0 radical (unpaired) electrons. The highest BCUT2D eigenvalue weighted by Gasteiger charge is 2.27. The Morgan fingerprint density at radius 3 is 2.30 bits per heavy atom. The van der Waals surface area contributed by atoms with Crippen LogP contribution in [-0.2, 0) is 11.3 Å². The molecule has 2 amide bonds. The summed E-state index contributed by atoms with van der Waals surface area (Å²) in [5, 5.41) is 12.4. The second-order valence-electron chi connectivity index (χ2n) is 8.30. The number of carbonyl (C=O) groups excluding carboxylic acids is 1. The molecule has 0 bridgehead atoms. The van der Waals surface area contributed by atoms with Crippen LogP contribution < -0.4 is 5.32 Å². The minimum atomic E-state index is -0.503. The van der Waals surface area contributed by atoms with Crippen molar-refractivity contribution in [2.24, 2.45) is 5.92 Å². The molecule has 2 N–H and O–H groups in total. The molecule has 2 rings (SSSR count). The zero-order valence-electron chi connectivity index (χ0n) is 19.4. The fourth-order valence-electron chi connectivity index (χ4n) is 3.53. The number of hydrogen-bond acceptors (Lipinski definition) is 4. The van der Waals surface area contributed by atoms with E-state index in [1.165, 1.54) is 35.2 Å². The minimum absolute atomic E-state index is 0.150. The van der Waals surface area contributed by atoms with Gasteiger partial charge in [0, 0.05) is 43.9 Å². The molecule has 0 saturated carbocycles. The number of methoxy groups -OCH3 is 1. The summed E-state index contributed by atoms with van der Waals surface area (Å²) in [5.74, 6) is -1.54. The van der Waals surface area contributed by atoms with Crippen molar-refractivity contribution < 1.29 is 27.8 Å². The predicted octanol–water partition coefficient (Wildman–Crippen LogP) is 4.10. The summed E-state index contributed by atoms with van der Waals surface area (Å²) in [6, 6.07) is 7.85. The number of benzene rings is 2. The average Bonchev–Trinajstić information content (AvgIpc) is 2.79. The molecule has 0 aliphatic heterocycles. The van der Waals surface area contributed by atoms with Gasteiger partial charge >= 0.3 is 6.03 Å². The number of aliphatic hydroxyl groups is 1. The van der Waals surface area contributed by atoms with Crippen LogP contribution in [0.4, 0.5) is 23.7 Å². The normalized spacial score (nSPS) is 14.1. The van der Waals surface area contributed by atoms with Gasteiger partial charge in [-0.05, 0) is 56.4 Å². The Morgan fingerprint density at radius 1 is 1.06 bits per heavy atom. The number of nitrogens with zero attached hydrogens (tertiary/aromatic N) is 2. The van der Waals surface area contributed by atoms with Crippen molar-refractivity contribution in [3.05, 3.63) is 65.5 Å². The number of carbonyl (C=O) groups is 1. The van der Waals surface area contributed by atoms with Gasteiger partial charge in [-0.3, -0.25) is 4.90 Å². The number of aliphatic hydroxyl groups excluding tert-OH is 1. The Balaban J connectivity index is 2.04. The third-order valence-electron chi connectivity index (χ3n) is 5.51. The van der Waals surface area contributed by atoms with Crippen molar-refractivity contribution in [1.82, 2.24) is 9.80 Å². The molecule has 33 heavy (non-hydrogen) atoms. The van der Waals surface area contributed by atoms with E-state index in [4.69, 9.17) is 4.74 Å². The Kier molecular flexibility index (Phi) is 10.1. The topological polar surface area (TPSA) is 65.0 Å². The molecule has 6 nitrogen and oxygen atoms in total. The Hall–Kier alpha value is -2.62. The third kappa shape index (κ3) is 8.03. The van der Waals surface area contributed by atoms with Gasteiger partial charge in [0.25, 0.3) is 0 Å². The van der Waals surface area contributed by atoms with E-state index in [1.54, 1.807) is 21.1 Å². The highest BCUT2D eigenvalue weighted by Crippen LogP contribution is 2.17. The van der Waals surface area contributed by atoms with Crippen molar-refractivity contribution in [3.63, 3.8) is 0 Å². The number of urea groups is 1. The van der Waals surface area contributed by atoms with Gasteiger partial charge in [-0.25, -0.2) is 18.0 Å². The fourth-order valence-corrected chi connectivity index (χ4v) is 3.53. The van der Waals surface area contributed by atoms with Crippen molar-refractivity contribution in [1.29, 1.82) is 0 Å². The maximum atomic E-state index is 14.0. The second kappa shape index (κ2) is 12.6. The summed E-state index contributed by atoms with van der Waals surface area (Å²) >= 11 is 0. The number of hydrogen-bond donors (Lipinski definition) is 2. The molecule has 0 fully saturated rings. The molecular formula is C24H32F3N3O3. The maximum absolute atomic E-state index is 14.0. The second-order valence-corrected chi connectivity index (χ2v) is 8.30. The van der Waals surface area contributed by atoms with Gasteiger partial charge in [0.15, 0.2) is 0 Å². The summed E-state index contributed by atoms with van der Waals surface area (Å²) in [5.41, 5.74) is 0.679. The summed E-state index contributed by atoms with van der Waals surface area (Å²) in [6.07, 6.45) is -0.321. The molecule has 2 aromatic carbocycles. The van der Waals surface area contributed by atoms with Crippen LogP contribution in [0.25, 0.3) is 0 Å². The van der Waals surface area contributed by atoms with Gasteiger partial charge in [-0.1, -0.05) is 6.92 Å². The van der Waals surface area contributed by atoms with Gasteiger partial charge < -0.3 is 20.1 Å². The van der Waals surface area contributed by atoms with Gasteiger partial charge in [-0.15, -0.1) is 0 Å². The molecule has 2 aromatic rings. The van der Waals surface area contributed by atoms with E-state index in [-0.39, 0.29) is 37.3 Å². The monoisotopic (exact) mass is 467 g/mol. The van der Waals surface area contributed by atoms with Crippen molar-refractivity contribution >= 4 is 11.7 Å². The zero-order chi connectivity index (χ0) is 24.5. The van der Waals surface area contributed by atoms with Gasteiger partial charge in [0.2, 0.25) is 0 Å². The molecular weight excluding hydrogens is 435 g/mol. The smallest absolute Gasteiger partial charge is 0.322 e. The van der Waals surface area contributed by atoms with Crippen LogP contribution in [0.15, 0.2) is 42.5 Å². The average molecular weight is 468 g/mol. The lowest BCUT2D eigenvalue weighted by Crippen LogP contribution is -2.48. The maximum Gasteiger partial charge on any atom is 0.322 e. The van der Waals surface area contributed by atoms with Gasteiger partial charge in [-0.2, -0.15) is 0 Å². The van der Waals surface area contributed by atoms with Crippen molar-refractivity contribution in [2.75, 3.05) is 39.2 Å². The Labute approximate surface area is 193 Å². The van der Waals surface area contributed by atoms with Crippen LogP contribution in [0.2, 0.25) is 0 Å². The van der Waals surface area contributed by atoms with Crippen LogP contribution in [-0.4, -0.2) is 66.9 Å². The van der Waals surface area contributed by atoms with Crippen LogP contribution in [0.3, 0.4) is 0 Å². The lowest BCUT2D eigenvalue weighted by atomic mass is 10.0. The lowest BCUT2D eigenvalue weighted by molar-refractivity contribution is 0.0175. The van der Waals surface area contributed by atoms with Crippen LogP contribution >= 0.6 is 0 Å². The first kappa shape index (κ1) is 26.6. The van der Waals surface area contributed by atoms with E-state index in [2.05, 4.69) is 5.32 Å². The first-order valence-electron chi connectivity index (χ1n) is 10.7. The molecule has 3 atom stereocenters. The van der Waals surface area contributed by atoms with E-state index >= 15 is 0 Å². The number of halogens is 3. The molecule has 0 saturated heterocycles. The van der Waals surface area contributed by atoms with E-state index in [0.717, 1.165) is 12.1 Å². The SMILES string of the molecule is CO[C@@H](CN(C)Cc1cc(F)ccc1F)[C@H](C)CN(C(=O)Nc1ccc(F)cc1)[C@H](C)CO. The molecule has 0 spiro atoms. The van der Waals surface area contributed by atoms with E-state index in [0.29, 0.717) is 12.2 Å². The largest absolute Gasteiger partial charge is 0.394 e. The quantitative estimate of drug-likeness (QED) is 0.522. The third-order valence-corrected chi connectivity index (χ3v) is 5.51. The lowest BCUT2D eigenvalue weighted by Gasteiger charge is -2.34. The van der Waals surface area contributed by atoms with Gasteiger partial charge in [0.05, 0.1) is 18.8 Å². The first-order chi connectivity index (χ1) is 15.6. The molecule has 0 aliphatic rings. The standard InChI is InChI=1S/C24H32F3N3O3/c1-16(23(33-4)14-29(3)13-18-11-20(26)7-10-22(18)27)12-30(17(2)15-31)24(32)28-21-8-5-19(25)6-9-21/h5-11,16-17,23,31H,12-15H2,1-4H3,(H,28,32)/t16-,17-,23+/m1/s1. The summed E-state index contributed by atoms with van der Waals surface area (Å²) in [7, 11) is 3.33. The number of likely N-dealkylation sites (N-methyl/N-ethyl adjacent to an activating group) is 1. The fraction of sp³-hybridized carbons (Fsp3) is 0.458. The van der Waals surface area contributed by atoms with E-state index in [9.17, 15) is 23.1 Å². The van der Waals surface area contributed by atoms with Crippen LogP contribution in [0.5, 0.6) is 0 Å². The number of nitrogens with one attached hydrogen (secondary N) is 1. The molecule has 182 valence electrons. The van der Waals surface area contributed by atoms with E-state index in [1.807, 2.05) is 11.8 Å². The molecule has 0 unspecified atom stereocenters. The van der Waals surface area contributed by atoms with Crippen molar-refractivity contribution in [2.45, 2.75) is 32.5 Å². The number of anilines is 1. The van der Waals surface area contributed by atoms with Gasteiger partial charge in [0.1, 0.15) is 17.5 Å². The highest BCUT2D eigenvalue weighted by molar-refractivity contribution is 5.89. The summed E-state index contributed by atoms with van der Waals surface area (Å²) in [6.45, 7) is 4.27. The van der Waals surface area contributed by atoms with Crippen LogP contribution in [0.1, 0.15) is 19.4 Å². The molecule has 0 aliphatic carbocycles. The highest BCUT2D eigenvalue weighted by atomic mass is 19.1. The number of rotatable bonds is 11. The van der Waals surface area contributed by atoms with E-state index < -0.39 is 29.5 Å². The summed E-state index contributed by atoms with van der Waals surface area (Å²) < 4.78 is 46.2. The predicted molar refractivity (Wildman–Crippen MR) is 121 cm³/mol. The molecule has 0 aromatic heterocycles.